The van der Waals surface area contributed by atoms with Crippen LogP contribution in [0.15, 0.2) is 72.8 Å². The van der Waals surface area contributed by atoms with E-state index in [2.05, 4.69) is 9.69 Å². The van der Waals surface area contributed by atoms with E-state index in [1.165, 1.54) is 19.1 Å². The van der Waals surface area contributed by atoms with Crippen LogP contribution >= 0.6 is 11.5 Å². The third kappa shape index (κ3) is 5.89. The number of hydrogen-bond donors (Lipinski definition) is 3. The number of amides is 3. The molecule has 1 aromatic heterocycles. The quantitative estimate of drug-likeness (QED) is 0.267. The van der Waals surface area contributed by atoms with Crippen molar-refractivity contribution >= 4 is 40.6 Å². The third-order valence-corrected chi connectivity index (χ3v) is 7.07. The van der Waals surface area contributed by atoms with E-state index in [4.69, 9.17) is 20.9 Å². The van der Waals surface area contributed by atoms with Crippen LogP contribution in [-0.4, -0.2) is 36.3 Å². The van der Waals surface area contributed by atoms with Gasteiger partial charge in [0.2, 0.25) is 5.91 Å². The smallest absolute Gasteiger partial charge is 0.273 e. The predicted octanol–water partition coefficient (Wildman–Crippen LogP) is 3.85. The number of nitrogens with one attached hydrogen (secondary N) is 1. The molecule has 0 spiro atoms. The number of carbonyl (C=O) groups excluding carboxylic acids is 3. The third-order valence-electron chi connectivity index (χ3n) is 6.22. The number of benzene rings is 3. The molecular formula is C29H29N5O5S. The van der Waals surface area contributed by atoms with E-state index < -0.39 is 23.8 Å². The minimum atomic E-state index is -1.17. The molecule has 0 aliphatic rings. The largest absolute Gasteiger partial charge is 0.497 e. The summed E-state index contributed by atoms with van der Waals surface area (Å²) in [7, 11) is 3.01. The van der Waals surface area contributed by atoms with Crippen molar-refractivity contribution in [1.82, 2.24) is 9.69 Å². The maximum atomic E-state index is 14.3. The van der Waals surface area contributed by atoms with Gasteiger partial charge in [-0.3, -0.25) is 19.3 Å². The van der Waals surface area contributed by atoms with Crippen LogP contribution in [-0.2, 0) is 11.3 Å². The van der Waals surface area contributed by atoms with E-state index in [0.29, 0.717) is 22.7 Å². The highest BCUT2D eigenvalue weighted by molar-refractivity contribution is 7.09. The lowest BCUT2D eigenvalue weighted by molar-refractivity contribution is -0.122. The Bertz CT molecular complexity index is 1520. The lowest BCUT2D eigenvalue weighted by Crippen LogP contribution is -2.44. The second-order valence-corrected chi connectivity index (χ2v) is 9.64. The Balaban J connectivity index is 1.89. The first-order valence-electron chi connectivity index (χ1n) is 12.2. The second-order valence-electron chi connectivity index (χ2n) is 8.87. The van der Waals surface area contributed by atoms with E-state index in [1.54, 1.807) is 36.4 Å². The second kappa shape index (κ2) is 12.3. The van der Waals surface area contributed by atoms with Crippen molar-refractivity contribution in [3.8, 4) is 11.5 Å². The highest BCUT2D eigenvalue weighted by Gasteiger charge is 2.37. The molecule has 1 atom stereocenters. The van der Waals surface area contributed by atoms with Gasteiger partial charge >= 0.3 is 0 Å². The van der Waals surface area contributed by atoms with Crippen LogP contribution in [0.4, 0.5) is 11.4 Å². The number of nitrogens with two attached hydrogens (primary N) is 2. The summed E-state index contributed by atoms with van der Waals surface area (Å²) in [6.45, 7) is 2.09. The molecule has 4 rings (SSSR count). The lowest BCUT2D eigenvalue weighted by Gasteiger charge is -2.32. The van der Waals surface area contributed by atoms with Crippen molar-refractivity contribution in [3.63, 3.8) is 0 Å². The number of aromatic nitrogens is 1. The number of methoxy groups -OCH3 is 2. The minimum absolute atomic E-state index is 0.0354. The van der Waals surface area contributed by atoms with Crippen molar-refractivity contribution in [2.24, 2.45) is 5.73 Å². The summed E-state index contributed by atoms with van der Waals surface area (Å²) < 4.78 is 14.9. The first kappa shape index (κ1) is 28.1. The summed E-state index contributed by atoms with van der Waals surface area (Å²) in [4.78, 5) is 41.4. The fourth-order valence-electron chi connectivity index (χ4n) is 4.18. The van der Waals surface area contributed by atoms with Gasteiger partial charge < -0.3 is 26.3 Å². The highest BCUT2D eigenvalue weighted by Crippen LogP contribution is 2.39. The van der Waals surface area contributed by atoms with Gasteiger partial charge in [0.1, 0.15) is 22.4 Å². The maximum absolute atomic E-state index is 14.3. The van der Waals surface area contributed by atoms with Crippen molar-refractivity contribution in [1.29, 1.82) is 0 Å². The molecule has 0 radical (unpaired) electrons. The fraction of sp³-hybridized carbons (Fsp3) is 0.172. The number of rotatable bonds is 10. The van der Waals surface area contributed by atoms with Gasteiger partial charge in [-0.25, -0.2) is 0 Å². The Morgan fingerprint density at radius 2 is 1.70 bits per heavy atom. The summed E-state index contributed by atoms with van der Waals surface area (Å²) in [5.74, 6) is -1.03. The van der Waals surface area contributed by atoms with Gasteiger partial charge in [-0.15, -0.1) is 0 Å². The van der Waals surface area contributed by atoms with Crippen molar-refractivity contribution in [3.05, 3.63) is 100 Å². The number of hydrogen-bond acceptors (Lipinski definition) is 8. The molecule has 4 aromatic rings. The van der Waals surface area contributed by atoms with Gasteiger partial charge in [0, 0.05) is 6.54 Å². The van der Waals surface area contributed by atoms with E-state index in [9.17, 15) is 14.4 Å². The number of nitrogen functional groups attached to an aromatic ring is 1. The Hall–Kier alpha value is -4.90. The summed E-state index contributed by atoms with van der Waals surface area (Å²) in [6, 6.07) is 20.3. The molecule has 0 saturated carbocycles. The van der Waals surface area contributed by atoms with Crippen molar-refractivity contribution < 1.29 is 23.9 Å². The molecule has 11 heteroatoms. The number of carbonyl (C=O) groups is 3. The van der Waals surface area contributed by atoms with Crippen LogP contribution in [0.2, 0.25) is 0 Å². The van der Waals surface area contributed by atoms with Crippen LogP contribution in [0.5, 0.6) is 11.5 Å². The van der Waals surface area contributed by atoms with Crippen LogP contribution in [0.3, 0.4) is 0 Å². The lowest BCUT2D eigenvalue weighted by atomic mass is 10.0. The zero-order valence-electron chi connectivity index (χ0n) is 22.2. The van der Waals surface area contributed by atoms with Crippen molar-refractivity contribution in [2.45, 2.75) is 19.5 Å². The molecular weight excluding hydrogens is 530 g/mol. The van der Waals surface area contributed by atoms with E-state index >= 15 is 0 Å². The first-order valence-corrected chi connectivity index (χ1v) is 13.0. The number of nitrogens with zero attached hydrogens (tertiary/aromatic N) is 2. The zero-order valence-corrected chi connectivity index (χ0v) is 23.0. The van der Waals surface area contributed by atoms with Gasteiger partial charge in [-0.05, 0) is 59.4 Å². The molecule has 0 unspecified atom stereocenters. The van der Waals surface area contributed by atoms with Crippen molar-refractivity contribution in [2.75, 3.05) is 24.9 Å². The molecule has 206 valence electrons. The molecule has 0 fully saturated rings. The van der Waals surface area contributed by atoms with Crippen LogP contribution < -0.4 is 31.2 Å². The summed E-state index contributed by atoms with van der Waals surface area (Å²) >= 11 is 0.734. The van der Waals surface area contributed by atoms with E-state index in [0.717, 1.165) is 22.7 Å². The average Bonchev–Trinajstić information content (AvgIpc) is 3.36. The number of anilines is 2. The molecule has 0 aliphatic carbocycles. The Morgan fingerprint density at radius 1 is 1.00 bits per heavy atom. The van der Waals surface area contributed by atoms with Gasteiger partial charge in [0.25, 0.3) is 11.8 Å². The fourth-order valence-corrected chi connectivity index (χ4v) is 4.92. The maximum Gasteiger partial charge on any atom is 0.273 e. The topological polar surface area (TPSA) is 150 Å². The van der Waals surface area contributed by atoms with Crippen LogP contribution in [0.1, 0.15) is 42.9 Å². The molecule has 0 bridgehead atoms. The van der Waals surface area contributed by atoms with Gasteiger partial charge in [0.05, 0.1) is 25.6 Å². The van der Waals surface area contributed by atoms with Gasteiger partial charge in [-0.1, -0.05) is 48.5 Å². The number of primary amides is 1. The Labute approximate surface area is 235 Å². The Morgan fingerprint density at radius 3 is 2.30 bits per heavy atom. The minimum Gasteiger partial charge on any atom is -0.497 e. The van der Waals surface area contributed by atoms with Gasteiger partial charge in [-0.2, -0.15) is 4.37 Å². The predicted molar refractivity (Wildman–Crippen MR) is 154 cm³/mol. The first-order chi connectivity index (χ1) is 19.2. The normalized spacial score (nSPS) is 11.4. The van der Waals surface area contributed by atoms with E-state index in [-0.39, 0.29) is 22.8 Å². The molecule has 3 aromatic carbocycles. The summed E-state index contributed by atoms with van der Waals surface area (Å²) in [6.07, 6.45) is 0. The molecule has 3 amide bonds. The molecule has 0 aliphatic heterocycles. The SMILES string of the molecule is COc1ccc([C@@H](C(=O)NCc2ccccc2)N(C(=O)c2snc(C(N)=O)c2N)c2cc(C)ccc2OC)cc1. The standard InChI is InChI=1S/C29H29N5O5S/c1-17-9-14-22(39-3)21(15-17)34(29(37)26-23(30)24(27(31)35)33-40-26)25(19-10-12-20(38-2)13-11-19)28(36)32-16-18-7-5-4-6-8-18/h4-15,25H,16,30H2,1-3H3,(H2,31,35)(H,32,36)/t25-/m0/s1. The van der Waals surface area contributed by atoms with Crippen LogP contribution in [0, 0.1) is 6.92 Å². The number of ether oxygens (including phenoxy) is 2. The Kier molecular flexibility index (Phi) is 8.65. The summed E-state index contributed by atoms with van der Waals surface area (Å²) in [5, 5.41) is 2.95. The van der Waals surface area contributed by atoms with Gasteiger partial charge in [0.15, 0.2) is 5.69 Å². The monoisotopic (exact) mass is 559 g/mol. The summed E-state index contributed by atoms with van der Waals surface area (Å²) in [5.41, 5.74) is 13.7. The molecule has 0 saturated heterocycles. The molecule has 5 N–H and O–H groups in total. The molecule has 10 nitrogen and oxygen atoms in total. The highest BCUT2D eigenvalue weighted by atomic mass is 32.1. The molecule has 1 heterocycles. The van der Waals surface area contributed by atoms with Crippen LogP contribution in [0.25, 0.3) is 0 Å². The van der Waals surface area contributed by atoms with E-state index in [1.807, 2.05) is 43.3 Å². The zero-order chi connectivity index (χ0) is 28.8. The average molecular weight is 560 g/mol. The molecule has 40 heavy (non-hydrogen) atoms. The number of aryl methyl sites for hydroxylation is 1.